The smallest absolute Gasteiger partial charge is 0.00444 e. The maximum Gasteiger partial charge on any atom is 0.00444 e. The third kappa shape index (κ3) is 5.36. The molecule has 1 heteroatoms. The Morgan fingerprint density at radius 2 is 1.59 bits per heavy atom. The van der Waals surface area contributed by atoms with E-state index in [9.17, 15) is 0 Å². The summed E-state index contributed by atoms with van der Waals surface area (Å²) in [6.45, 7) is 8.93. The maximum atomic E-state index is 6.10. The second-order valence-electron chi connectivity index (χ2n) is 5.82. The van der Waals surface area contributed by atoms with Gasteiger partial charge in [-0.2, -0.15) is 0 Å². The average Bonchev–Trinajstić information content (AvgIpc) is 2.26. The van der Waals surface area contributed by atoms with Crippen molar-refractivity contribution < 1.29 is 0 Å². The molecule has 0 saturated carbocycles. The number of benzene rings is 1. The number of rotatable bonds is 6. The van der Waals surface area contributed by atoms with E-state index in [0.29, 0.717) is 17.9 Å². The van der Waals surface area contributed by atoms with Gasteiger partial charge < -0.3 is 5.73 Å². The van der Waals surface area contributed by atoms with Crippen LogP contribution in [0.2, 0.25) is 0 Å². The Morgan fingerprint density at radius 1 is 1.00 bits per heavy atom. The summed E-state index contributed by atoms with van der Waals surface area (Å²) in [7, 11) is 0. The molecule has 1 unspecified atom stereocenters. The van der Waals surface area contributed by atoms with Gasteiger partial charge in [-0.05, 0) is 42.2 Å². The van der Waals surface area contributed by atoms with Gasteiger partial charge in [0, 0.05) is 6.04 Å². The van der Waals surface area contributed by atoms with E-state index >= 15 is 0 Å². The number of hydrogen-bond donors (Lipinski definition) is 1. The molecular weight excluding hydrogens is 206 g/mol. The first-order chi connectivity index (χ1) is 7.99. The highest BCUT2D eigenvalue weighted by atomic mass is 14.6. The second-order valence-corrected chi connectivity index (χ2v) is 5.82. The molecule has 0 spiro atoms. The summed E-state index contributed by atoms with van der Waals surface area (Å²) in [6, 6.07) is 9.33. The molecule has 0 aromatic heterocycles. The van der Waals surface area contributed by atoms with Gasteiger partial charge in [-0.25, -0.2) is 0 Å². The number of aryl methyl sites for hydroxylation is 1. The molecule has 1 atom stereocenters. The summed E-state index contributed by atoms with van der Waals surface area (Å²) in [6.07, 6.45) is 3.33. The lowest BCUT2D eigenvalue weighted by molar-refractivity contribution is 0.473. The van der Waals surface area contributed by atoms with E-state index in [2.05, 4.69) is 52.0 Å². The van der Waals surface area contributed by atoms with Crippen LogP contribution in [0.15, 0.2) is 24.3 Å². The lowest BCUT2D eigenvalue weighted by Crippen LogP contribution is -2.22. The van der Waals surface area contributed by atoms with E-state index in [1.54, 1.807) is 0 Å². The molecule has 1 aromatic rings. The minimum absolute atomic E-state index is 0.347. The van der Waals surface area contributed by atoms with Crippen molar-refractivity contribution in [1.82, 2.24) is 0 Å². The molecular formula is C16H27N. The van der Waals surface area contributed by atoms with Crippen LogP contribution in [0.1, 0.15) is 57.6 Å². The lowest BCUT2D eigenvalue weighted by Gasteiger charge is -2.14. The van der Waals surface area contributed by atoms with Crippen molar-refractivity contribution in [3.63, 3.8) is 0 Å². The molecule has 0 heterocycles. The van der Waals surface area contributed by atoms with Crippen molar-refractivity contribution in [2.45, 2.75) is 58.9 Å². The predicted octanol–water partition coefficient (Wildman–Crippen LogP) is 4.12. The monoisotopic (exact) mass is 233 g/mol. The molecule has 0 fully saturated rings. The third-order valence-corrected chi connectivity index (χ3v) is 3.22. The Morgan fingerprint density at radius 3 is 2.06 bits per heavy atom. The van der Waals surface area contributed by atoms with Crippen LogP contribution in [0.4, 0.5) is 0 Å². The van der Waals surface area contributed by atoms with Crippen LogP contribution in [-0.2, 0) is 6.42 Å². The normalized spacial score (nSPS) is 13.4. The molecule has 0 aliphatic carbocycles. The first-order valence-corrected chi connectivity index (χ1v) is 6.83. The maximum absolute atomic E-state index is 6.10. The fourth-order valence-corrected chi connectivity index (χ4v) is 2.14. The topological polar surface area (TPSA) is 26.0 Å². The van der Waals surface area contributed by atoms with Gasteiger partial charge >= 0.3 is 0 Å². The SMILES string of the molecule is CC(C)CC(N)CCc1ccc(C(C)C)cc1. The van der Waals surface area contributed by atoms with Gasteiger partial charge in [0.05, 0.1) is 0 Å². The Hall–Kier alpha value is -0.820. The van der Waals surface area contributed by atoms with Crippen molar-refractivity contribution in [3.8, 4) is 0 Å². The van der Waals surface area contributed by atoms with Crippen LogP contribution in [0, 0.1) is 5.92 Å². The first kappa shape index (κ1) is 14.2. The zero-order valence-electron chi connectivity index (χ0n) is 11.7. The van der Waals surface area contributed by atoms with Crippen molar-refractivity contribution in [2.75, 3.05) is 0 Å². The van der Waals surface area contributed by atoms with Crippen LogP contribution in [0.5, 0.6) is 0 Å². The second kappa shape index (κ2) is 6.80. The van der Waals surface area contributed by atoms with Crippen LogP contribution < -0.4 is 5.73 Å². The summed E-state index contributed by atoms with van der Waals surface area (Å²) >= 11 is 0. The predicted molar refractivity (Wildman–Crippen MR) is 76.3 cm³/mol. The van der Waals surface area contributed by atoms with E-state index in [4.69, 9.17) is 5.73 Å². The highest BCUT2D eigenvalue weighted by Crippen LogP contribution is 2.16. The Labute approximate surface area is 106 Å². The molecule has 0 radical (unpaired) electrons. The van der Waals surface area contributed by atoms with Crippen molar-refractivity contribution in [1.29, 1.82) is 0 Å². The standard InChI is InChI=1S/C16H27N/c1-12(2)11-16(17)10-7-14-5-8-15(9-6-14)13(3)4/h5-6,8-9,12-13,16H,7,10-11,17H2,1-4H3. The summed E-state index contributed by atoms with van der Waals surface area (Å²) < 4.78 is 0. The summed E-state index contributed by atoms with van der Waals surface area (Å²) in [5.41, 5.74) is 8.93. The molecule has 96 valence electrons. The largest absolute Gasteiger partial charge is 0.328 e. The molecule has 1 nitrogen and oxygen atoms in total. The van der Waals surface area contributed by atoms with Crippen molar-refractivity contribution >= 4 is 0 Å². The fraction of sp³-hybridized carbons (Fsp3) is 0.625. The Kier molecular flexibility index (Phi) is 5.70. The molecule has 1 aromatic carbocycles. The summed E-state index contributed by atoms with van der Waals surface area (Å²) in [4.78, 5) is 0. The van der Waals surface area contributed by atoms with Gasteiger partial charge in [0.1, 0.15) is 0 Å². The van der Waals surface area contributed by atoms with E-state index in [-0.39, 0.29) is 0 Å². The average molecular weight is 233 g/mol. The van der Waals surface area contributed by atoms with E-state index in [1.807, 2.05) is 0 Å². The quantitative estimate of drug-likeness (QED) is 0.786. The highest BCUT2D eigenvalue weighted by molar-refractivity contribution is 5.24. The van der Waals surface area contributed by atoms with Gasteiger partial charge in [0.15, 0.2) is 0 Å². The highest BCUT2D eigenvalue weighted by Gasteiger charge is 2.06. The number of hydrogen-bond acceptors (Lipinski definition) is 1. The summed E-state index contributed by atoms with van der Waals surface area (Å²) in [5.74, 6) is 1.32. The zero-order chi connectivity index (χ0) is 12.8. The molecule has 0 amide bonds. The zero-order valence-corrected chi connectivity index (χ0v) is 11.7. The number of nitrogens with two attached hydrogens (primary N) is 1. The van der Waals surface area contributed by atoms with Crippen molar-refractivity contribution in [3.05, 3.63) is 35.4 Å². The minimum Gasteiger partial charge on any atom is -0.328 e. The van der Waals surface area contributed by atoms with Crippen LogP contribution >= 0.6 is 0 Å². The van der Waals surface area contributed by atoms with Crippen LogP contribution in [0.25, 0.3) is 0 Å². The van der Waals surface area contributed by atoms with Gasteiger partial charge in [0.2, 0.25) is 0 Å². The Balaban J connectivity index is 2.42. The van der Waals surface area contributed by atoms with E-state index in [1.165, 1.54) is 11.1 Å². The van der Waals surface area contributed by atoms with Gasteiger partial charge in [-0.3, -0.25) is 0 Å². The van der Waals surface area contributed by atoms with E-state index < -0.39 is 0 Å². The van der Waals surface area contributed by atoms with Gasteiger partial charge in [-0.15, -0.1) is 0 Å². The molecule has 1 rings (SSSR count). The lowest BCUT2D eigenvalue weighted by atomic mass is 9.96. The van der Waals surface area contributed by atoms with Gasteiger partial charge in [-0.1, -0.05) is 52.0 Å². The fourth-order valence-electron chi connectivity index (χ4n) is 2.14. The molecule has 2 N–H and O–H groups in total. The van der Waals surface area contributed by atoms with Gasteiger partial charge in [0.25, 0.3) is 0 Å². The van der Waals surface area contributed by atoms with E-state index in [0.717, 1.165) is 19.3 Å². The Bertz CT molecular complexity index is 311. The van der Waals surface area contributed by atoms with Crippen LogP contribution in [-0.4, -0.2) is 6.04 Å². The first-order valence-electron chi connectivity index (χ1n) is 6.83. The molecule has 0 aliphatic heterocycles. The van der Waals surface area contributed by atoms with Crippen LogP contribution in [0.3, 0.4) is 0 Å². The molecule has 0 bridgehead atoms. The summed E-state index contributed by atoms with van der Waals surface area (Å²) in [5, 5.41) is 0. The molecule has 0 aliphatic rings. The minimum atomic E-state index is 0.347. The molecule has 17 heavy (non-hydrogen) atoms. The third-order valence-electron chi connectivity index (χ3n) is 3.22. The van der Waals surface area contributed by atoms with Crippen molar-refractivity contribution in [2.24, 2.45) is 11.7 Å². The molecule has 0 saturated heterocycles.